The molecule has 0 aromatic rings. The average Bonchev–Trinajstić information content (AvgIpc) is 2.17. The highest BCUT2D eigenvalue weighted by Crippen LogP contribution is 2.29. The van der Waals surface area contributed by atoms with E-state index in [1.165, 1.54) is 0 Å². The first-order valence-corrected chi connectivity index (χ1v) is 5.79. The Kier molecular flexibility index (Phi) is 4.93. The van der Waals surface area contributed by atoms with Gasteiger partial charge in [0.1, 0.15) is 6.04 Å². The molecule has 17 heavy (non-hydrogen) atoms. The second kappa shape index (κ2) is 6.22. The van der Waals surface area contributed by atoms with Crippen molar-refractivity contribution in [3.05, 3.63) is 0 Å². The van der Waals surface area contributed by atoms with Crippen molar-refractivity contribution in [1.82, 2.24) is 5.32 Å². The third-order valence-corrected chi connectivity index (χ3v) is 3.01. The number of hydrogen-bond acceptors (Lipinski definition) is 3. The van der Waals surface area contributed by atoms with Crippen LogP contribution >= 0.6 is 0 Å². The normalized spacial score (nSPS) is 16.9. The number of carbonyl (C=O) groups excluding carboxylic acids is 2. The standard InChI is InChI=1S/C11H18N2O4/c12-9(14)5-4-8(11(16)17)13-10(15)6-7-2-1-3-7/h7-8H,1-6H2,(H2,12,14)(H,13,15)(H,16,17)/t8-/m1/s1. The molecule has 0 saturated heterocycles. The van der Waals surface area contributed by atoms with Crippen LogP contribution in [0.2, 0.25) is 0 Å². The third-order valence-electron chi connectivity index (χ3n) is 3.01. The van der Waals surface area contributed by atoms with Crippen molar-refractivity contribution in [3.8, 4) is 0 Å². The Morgan fingerprint density at radius 1 is 1.35 bits per heavy atom. The van der Waals surface area contributed by atoms with Crippen LogP contribution in [-0.4, -0.2) is 28.9 Å². The molecule has 0 aliphatic heterocycles. The van der Waals surface area contributed by atoms with Crippen molar-refractivity contribution >= 4 is 17.8 Å². The van der Waals surface area contributed by atoms with Crippen molar-refractivity contribution in [3.63, 3.8) is 0 Å². The number of aliphatic carboxylic acids is 1. The van der Waals surface area contributed by atoms with Crippen LogP contribution in [0, 0.1) is 5.92 Å². The van der Waals surface area contributed by atoms with Gasteiger partial charge in [0.25, 0.3) is 0 Å². The van der Waals surface area contributed by atoms with Crippen molar-refractivity contribution in [2.45, 2.75) is 44.6 Å². The van der Waals surface area contributed by atoms with Gasteiger partial charge < -0.3 is 16.2 Å². The number of carboxylic acids is 1. The number of nitrogens with two attached hydrogens (primary N) is 1. The molecule has 6 nitrogen and oxygen atoms in total. The molecule has 0 spiro atoms. The van der Waals surface area contributed by atoms with Crippen LogP contribution in [0.25, 0.3) is 0 Å². The van der Waals surface area contributed by atoms with E-state index >= 15 is 0 Å². The summed E-state index contributed by atoms with van der Waals surface area (Å²) in [6.07, 6.45) is 3.59. The van der Waals surface area contributed by atoms with E-state index in [1.54, 1.807) is 0 Å². The summed E-state index contributed by atoms with van der Waals surface area (Å²) < 4.78 is 0. The molecule has 0 aromatic carbocycles. The quantitative estimate of drug-likeness (QED) is 0.584. The molecule has 0 heterocycles. The molecule has 1 atom stereocenters. The zero-order valence-corrected chi connectivity index (χ0v) is 9.65. The lowest BCUT2D eigenvalue weighted by atomic mass is 9.83. The predicted molar refractivity (Wildman–Crippen MR) is 60.0 cm³/mol. The van der Waals surface area contributed by atoms with Crippen LogP contribution in [0.5, 0.6) is 0 Å². The van der Waals surface area contributed by atoms with Crippen LogP contribution in [0.1, 0.15) is 38.5 Å². The fourth-order valence-corrected chi connectivity index (χ4v) is 1.76. The molecule has 1 aliphatic carbocycles. The summed E-state index contributed by atoms with van der Waals surface area (Å²) in [6.45, 7) is 0. The second-order valence-electron chi connectivity index (χ2n) is 4.46. The van der Waals surface area contributed by atoms with E-state index in [9.17, 15) is 14.4 Å². The molecule has 0 radical (unpaired) electrons. The van der Waals surface area contributed by atoms with E-state index in [2.05, 4.69) is 5.32 Å². The minimum absolute atomic E-state index is 0.0410. The number of hydrogen-bond donors (Lipinski definition) is 3. The SMILES string of the molecule is NC(=O)CC[C@@H](NC(=O)CC1CCC1)C(=O)O. The highest BCUT2D eigenvalue weighted by Gasteiger charge is 2.24. The van der Waals surface area contributed by atoms with Gasteiger partial charge in [0.2, 0.25) is 11.8 Å². The number of carbonyl (C=O) groups is 3. The van der Waals surface area contributed by atoms with Crippen LogP contribution in [0.3, 0.4) is 0 Å². The minimum Gasteiger partial charge on any atom is -0.480 e. The van der Waals surface area contributed by atoms with E-state index in [-0.39, 0.29) is 18.7 Å². The van der Waals surface area contributed by atoms with E-state index < -0.39 is 17.9 Å². The predicted octanol–water partition coefficient (Wildman–Crippen LogP) is 0.0115. The van der Waals surface area contributed by atoms with E-state index in [1.807, 2.05) is 0 Å². The molecule has 2 amide bonds. The average molecular weight is 242 g/mol. The monoisotopic (exact) mass is 242 g/mol. The molecular formula is C11H18N2O4. The molecule has 0 bridgehead atoms. The van der Waals surface area contributed by atoms with E-state index in [0.29, 0.717) is 12.3 Å². The first-order valence-electron chi connectivity index (χ1n) is 5.79. The Balaban J connectivity index is 2.33. The summed E-state index contributed by atoms with van der Waals surface area (Å²) in [5.74, 6) is -1.56. The maximum absolute atomic E-state index is 11.5. The van der Waals surface area contributed by atoms with Gasteiger partial charge in [-0.15, -0.1) is 0 Å². The summed E-state index contributed by atoms with van der Waals surface area (Å²) in [6, 6.07) is -1.02. The number of amides is 2. The molecule has 0 unspecified atom stereocenters. The summed E-state index contributed by atoms with van der Waals surface area (Å²) in [7, 11) is 0. The van der Waals surface area contributed by atoms with Crippen molar-refractivity contribution in [2.24, 2.45) is 11.7 Å². The van der Waals surface area contributed by atoms with Gasteiger partial charge in [-0.05, 0) is 25.2 Å². The van der Waals surface area contributed by atoms with Crippen LogP contribution in [0.4, 0.5) is 0 Å². The van der Waals surface area contributed by atoms with Gasteiger partial charge in [-0.25, -0.2) is 4.79 Å². The first-order chi connectivity index (χ1) is 7.99. The first kappa shape index (κ1) is 13.5. The fraction of sp³-hybridized carbons (Fsp3) is 0.727. The summed E-state index contributed by atoms with van der Waals surface area (Å²) in [5, 5.41) is 11.3. The second-order valence-corrected chi connectivity index (χ2v) is 4.46. The van der Waals surface area contributed by atoms with Crippen LogP contribution in [0.15, 0.2) is 0 Å². The highest BCUT2D eigenvalue weighted by molar-refractivity contribution is 5.84. The summed E-state index contributed by atoms with van der Waals surface area (Å²) >= 11 is 0. The Labute approximate surface area is 99.6 Å². The molecule has 6 heteroatoms. The molecule has 96 valence electrons. The Hall–Kier alpha value is -1.59. The lowest BCUT2D eigenvalue weighted by Crippen LogP contribution is -2.42. The largest absolute Gasteiger partial charge is 0.480 e. The number of carboxylic acid groups (broad SMARTS) is 1. The smallest absolute Gasteiger partial charge is 0.326 e. The topological polar surface area (TPSA) is 109 Å². The number of primary amides is 1. The molecule has 1 fully saturated rings. The molecule has 4 N–H and O–H groups in total. The van der Waals surface area contributed by atoms with Gasteiger partial charge in [0, 0.05) is 12.8 Å². The Morgan fingerprint density at radius 2 is 2.00 bits per heavy atom. The van der Waals surface area contributed by atoms with Crippen LogP contribution < -0.4 is 11.1 Å². The van der Waals surface area contributed by atoms with Crippen LogP contribution in [-0.2, 0) is 14.4 Å². The minimum atomic E-state index is -1.13. The lowest BCUT2D eigenvalue weighted by molar-refractivity contribution is -0.142. The van der Waals surface area contributed by atoms with Crippen molar-refractivity contribution in [2.75, 3.05) is 0 Å². The zero-order valence-electron chi connectivity index (χ0n) is 9.65. The zero-order chi connectivity index (χ0) is 12.8. The van der Waals surface area contributed by atoms with Gasteiger partial charge in [-0.2, -0.15) is 0 Å². The van der Waals surface area contributed by atoms with Gasteiger partial charge in [0.05, 0.1) is 0 Å². The maximum atomic E-state index is 11.5. The molecule has 1 rings (SSSR count). The van der Waals surface area contributed by atoms with Crippen molar-refractivity contribution in [1.29, 1.82) is 0 Å². The number of nitrogens with one attached hydrogen (secondary N) is 1. The van der Waals surface area contributed by atoms with E-state index in [4.69, 9.17) is 10.8 Å². The van der Waals surface area contributed by atoms with Gasteiger partial charge in [-0.1, -0.05) is 6.42 Å². The molecular weight excluding hydrogens is 224 g/mol. The molecule has 0 aromatic heterocycles. The summed E-state index contributed by atoms with van der Waals surface area (Å²) in [4.78, 5) is 32.9. The molecule has 1 saturated carbocycles. The maximum Gasteiger partial charge on any atom is 0.326 e. The summed E-state index contributed by atoms with van der Waals surface area (Å²) in [5.41, 5.74) is 4.94. The molecule has 1 aliphatic rings. The van der Waals surface area contributed by atoms with E-state index in [0.717, 1.165) is 19.3 Å². The Bertz CT molecular complexity index is 313. The van der Waals surface area contributed by atoms with Gasteiger partial charge >= 0.3 is 5.97 Å². The highest BCUT2D eigenvalue weighted by atomic mass is 16.4. The van der Waals surface area contributed by atoms with Gasteiger partial charge in [0.15, 0.2) is 0 Å². The van der Waals surface area contributed by atoms with Crippen molar-refractivity contribution < 1.29 is 19.5 Å². The third kappa shape index (κ3) is 4.84. The lowest BCUT2D eigenvalue weighted by Gasteiger charge is -2.25. The van der Waals surface area contributed by atoms with Gasteiger partial charge in [-0.3, -0.25) is 9.59 Å². The number of rotatable bonds is 7. The Morgan fingerprint density at radius 3 is 2.41 bits per heavy atom. The fourth-order valence-electron chi connectivity index (χ4n) is 1.76.